The molecule has 2 aromatic heterocycles. The minimum atomic E-state index is -0.185. The Kier molecular flexibility index (Phi) is 6.20. The monoisotopic (exact) mass is 452 g/mol. The number of amides is 1. The van der Waals surface area contributed by atoms with Gasteiger partial charge in [0.25, 0.3) is 0 Å². The molecular weight excluding hydrogens is 432 g/mol. The average molecular weight is 453 g/mol. The molecule has 1 N–H and O–H groups in total. The summed E-state index contributed by atoms with van der Waals surface area (Å²) in [5, 5.41) is 3.44. The van der Waals surface area contributed by atoms with Gasteiger partial charge in [-0.1, -0.05) is 17.7 Å². The number of hydrogen-bond donors (Lipinski definition) is 1. The summed E-state index contributed by atoms with van der Waals surface area (Å²) in [6, 6.07) is 11.4. The van der Waals surface area contributed by atoms with Crippen LogP contribution in [0.5, 0.6) is 5.75 Å². The lowest BCUT2D eigenvalue weighted by Crippen LogP contribution is -2.33. The summed E-state index contributed by atoms with van der Waals surface area (Å²) in [6.07, 6.45) is 5.45. The van der Waals surface area contributed by atoms with Gasteiger partial charge in [0.15, 0.2) is 5.78 Å². The number of Topliss-reactive ketones (excluding diaryl/α,β-unsaturated/α-hetero) is 1. The summed E-state index contributed by atoms with van der Waals surface area (Å²) in [6.45, 7) is 3.82. The highest BCUT2D eigenvalue weighted by Gasteiger charge is 2.26. The third kappa shape index (κ3) is 4.86. The number of aromatic nitrogens is 1. The van der Waals surface area contributed by atoms with Crippen molar-refractivity contribution in [3.05, 3.63) is 75.9 Å². The van der Waals surface area contributed by atoms with E-state index in [2.05, 4.69) is 10.3 Å². The van der Waals surface area contributed by atoms with E-state index in [1.54, 1.807) is 25.4 Å². The van der Waals surface area contributed by atoms with E-state index in [4.69, 9.17) is 16.3 Å². The average Bonchev–Trinajstić information content (AvgIpc) is 3.40. The molecule has 5 nitrogen and oxygen atoms in total. The van der Waals surface area contributed by atoms with Gasteiger partial charge in [-0.3, -0.25) is 14.6 Å². The van der Waals surface area contributed by atoms with Gasteiger partial charge in [0.05, 0.1) is 16.4 Å². The van der Waals surface area contributed by atoms with E-state index in [0.29, 0.717) is 23.7 Å². The number of hydrogen-bond acceptors (Lipinski definition) is 5. The maximum atomic E-state index is 12.3. The molecule has 1 atom stereocenters. The zero-order valence-electron chi connectivity index (χ0n) is 17.1. The van der Waals surface area contributed by atoms with Gasteiger partial charge >= 0.3 is 0 Å². The zero-order valence-corrected chi connectivity index (χ0v) is 18.7. The van der Waals surface area contributed by atoms with E-state index in [1.165, 1.54) is 11.3 Å². The predicted octanol–water partition coefficient (Wildman–Crippen LogP) is 5.19. The first-order chi connectivity index (χ1) is 14.9. The van der Waals surface area contributed by atoms with Gasteiger partial charge in [-0.05, 0) is 60.9 Å². The fourth-order valence-corrected chi connectivity index (χ4v) is 4.64. The lowest BCUT2D eigenvalue weighted by Gasteiger charge is -2.11. The lowest BCUT2D eigenvalue weighted by molar-refractivity contribution is -0.116. The Morgan fingerprint density at radius 2 is 2.13 bits per heavy atom. The second-order valence-corrected chi connectivity index (χ2v) is 8.92. The van der Waals surface area contributed by atoms with Crippen molar-refractivity contribution < 1.29 is 14.3 Å². The van der Waals surface area contributed by atoms with E-state index >= 15 is 0 Å². The minimum absolute atomic E-state index is 0.0514. The van der Waals surface area contributed by atoms with Gasteiger partial charge < -0.3 is 10.1 Å². The second-order valence-electron chi connectivity index (χ2n) is 7.42. The van der Waals surface area contributed by atoms with Crippen LogP contribution >= 0.6 is 22.9 Å². The van der Waals surface area contributed by atoms with Crippen molar-refractivity contribution in [3.63, 3.8) is 0 Å². The van der Waals surface area contributed by atoms with Crippen LogP contribution in [0.3, 0.4) is 0 Å². The first-order valence-corrected chi connectivity index (χ1v) is 11.1. The number of carbonyl (C=O) groups is 2. The van der Waals surface area contributed by atoms with Gasteiger partial charge in [0.2, 0.25) is 5.91 Å². The molecule has 3 aromatic rings. The number of nitrogens with zero attached hydrogens (tertiary/aromatic N) is 1. The van der Waals surface area contributed by atoms with Crippen LogP contribution in [-0.4, -0.2) is 29.3 Å². The quantitative estimate of drug-likeness (QED) is 0.413. The molecule has 0 radical (unpaired) electrons. The predicted molar refractivity (Wildman–Crippen MR) is 124 cm³/mol. The Hall–Kier alpha value is -2.96. The molecular formula is C24H21ClN2O3S. The van der Waals surface area contributed by atoms with Crippen molar-refractivity contribution in [3.8, 4) is 16.2 Å². The fourth-order valence-electron chi connectivity index (χ4n) is 3.47. The Morgan fingerprint density at radius 1 is 1.29 bits per heavy atom. The highest BCUT2D eigenvalue weighted by molar-refractivity contribution is 7.17. The van der Waals surface area contributed by atoms with E-state index in [-0.39, 0.29) is 17.8 Å². The number of ketones is 1. The van der Waals surface area contributed by atoms with Gasteiger partial charge in [-0.2, -0.15) is 0 Å². The van der Waals surface area contributed by atoms with Crippen LogP contribution in [0.4, 0.5) is 0 Å². The summed E-state index contributed by atoms with van der Waals surface area (Å²) in [5.74, 6) is 0.536. The molecule has 0 spiro atoms. The smallest absolute Gasteiger partial charge is 0.244 e. The largest absolute Gasteiger partial charge is 0.486 e. The summed E-state index contributed by atoms with van der Waals surface area (Å²) in [4.78, 5) is 29.7. The number of pyridine rings is 1. The van der Waals surface area contributed by atoms with Gasteiger partial charge in [0, 0.05) is 35.3 Å². The van der Waals surface area contributed by atoms with Gasteiger partial charge in [-0.15, -0.1) is 11.3 Å². The molecule has 158 valence electrons. The normalized spacial score (nSPS) is 15.3. The zero-order chi connectivity index (χ0) is 22.0. The topological polar surface area (TPSA) is 68.3 Å². The first-order valence-electron chi connectivity index (χ1n) is 9.87. The number of nitrogens with one attached hydrogen (secondary N) is 1. The van der Waals surface area contributed by atoms with E-state index in [9.17, 15) is 9.59 Å². The molecule has 4 rings (SSSR count). The van der Waals surface area contributed by atoms with Crippen LogP contribution in [0, 0.1) is 0 Å². The summed E-state index contributed by atoms with van der Waals surface area (Å²) < 4.78 is 5.98. The number of halogens is 1. The van der Waals surface area contributed by atoms with Crippen molar-refractivity contribution in [2.45, 2.75) is 26.4 Å². The molecule has 3 heterocycles. The summed E-state index contributed by atoms with van der Waals surface area (Å²) in [7, 11) is 0. The number of ether oxygens (including phenoxy) is 1. The lowest BCUT2D eigenvalue weighted by atomic mass is 10.1. The number of rotatable bonds is 6. The molecule has 0 aliphatic carbocycles. The van der Waals surface area contributed by atoms with Crippen molar-refractivity contribution in [1.29, 1.82) is 0 Å². The number of fused-ring (bicyclic) bond motifs is 1. The number of allylic oxidation sites excluding steroid dienone is 1. The molecule has 7 heteroatoms. The van der Waals surface area contributed by atoms with Crippen molar-refractivity contribution >= 4 is 40.2 Å². The first kappa shape index (κ1) is 21.3. The van der Waals surface area contributed by atoms with E-state index < -0.39 is 0 Å². The van der Waals surface area contributed by atoms with Crippen molar-refractivity contribution in [2.75, 3.05) is 6.54 Å². The molecule has 31 heavy (non-hydrogen) atoms. The van der Waals surface area contributed by atoms with Crippen LogP contribution in [0.1, 0.15) is 34.6 Å². The Bertz CT molecular complexity index is 1170. The van der Waals surface area contributed by atoms with Gasteiger partial charge in [-0.25, -0.2) is 0 Å². The Labute approximate surface area is 189 Å². The SMILES string of the molecule is CC(=O)c1ccc(-c2cc(Cl)c3c(c2)CC(CNC(=O)C=C(C)c2cccnc2)O3)s1. The van der Waals surface area contributed by atoms with Crippen LogP contribution < -0.4 is 10.1 Å². The molecule has 1 amide bonds. The van der Waals surface area contributed by atoms with Crippen LogP contribution in [0.15, 0.2) is 54.9 Å². The third-order valence-corrected chi connectivity index (χ3v) is 6.57. The highest BCUT2D eigenvalue weighted by atomic mass is 35.5. The van der Waals surface area contributed by atoms with E-state index in [1.807, 2.05) is 43.3 Å². The number of benzene rings is 1. The summed E-state index contributed by atoms with van der Waals surface area (Å²) >= 11 is 7.92. The fraction of sp³-hybridized carbons (Fsp3) is 0.208. The molecule has 1 aliphatic heterocycles. The van der Waals surface area contributed by atoms with Crippen molar-refractivity contribution in [1.82, 2.24) is 10.3 Å². The molecule has 1 unspecified atom stereocenters. The maximum absolute atomic E-state index is 12.3. The third-order valence-electron chi connectivity index (χ3n) is 5.06. The number of thiophene rings is 1. The minimum Gasteiger partial charge on any atom is -0.486 e. The Morgan fingerprint density at radius 3 is 2.84 bits per heavy atom. The highest BCUT2D eigenvalue weighted by Crippen LogP contribution is 2.41. The molecule has 0 fully saturated rings. The van der Waals surface area contributed by atoms with Crippen LogP contribution in [0.25, 0.3) is 16.0 Å². The molecule has 0 saturated carbocycles. The number of carbonyl (C=O) groups excluding carboxylic acids is 2. The molecule has 1 aliphatic rings. The van der Waals surface area contributed by atoms with Crippen molar-refractivity contribution in [2.24, 2.45) is 0 Å². The molecule has 1 aromatic carbocycles. The maximum Gasteiger partial charge on any atom is 0.244 e. The standard InChI is InChI=1S/C24H21ClN2O3S/c1-14(16-4-3-7-26-12-16)8-23(29)27-13-19-10-18-9-17(11-20(25)24(18)30-19)22-6-5-21(31-22)15(2)28/h3-9,11-12,19H,10,13H2,1-2H3,(H,27,29). The molecule has 0 saturated heterocycles. The van der Waals surface area contributed by atoms with Gasteiger partial charge in [0.1, 0.15) is 11.9 Å². The summed E-state index contributed by atoms with van der Waals surface area (Å²) in [5.41, 5.74) is 3.71. The molecule has 0 bridgehead atoms. The van der Waals surface area contributed by atoms with Crippen LogP contribution in [0.2, 0.25) is 5.02 Å². The Balaban J connectivity index is 1.41. The van der Waals surface area contributed by atoms with Crippen LogP contribution in [-0.2, 0) is 11.2 Å². The van der Waals surface area contributed by atoms with E-state index in [0.717, 1.165) is 32.0 Å². The second kappa shape index (κ2) is 9.04.